The number of esters is 1. The number of aromatic nitrogens is 2. The first-order valence-corrected chi connectivity index (χ1v) is 6.73. The fraction of sp³-hybridized carbons (Fsp3) is 0.417. The molecule has 0 saturated carbocycles. The van der Waals surface area contributed by atoms with Gasteiger partial charge in [0, 0.05) is 4.88 Å². The van der Waals surface area contributed by atoms with Crippen molar-refractivity contribution in [2.45, 2.75) is 26.8 Å². The highest BCUT2D eigenvalue weighted by molar-refractivity contribution is 7.18. The van der Waals surface area contributed by atoms with Gasteiger partial charge in [0.05, 0.1) is 12.0 Å². The van der Waals surface area contributed by atoms with Crippen molar-refractivity contribution in [1.82, 2.24) is 9.55 Å². The molecule has 2 heterocycles. The summed E-state index contributed by atoms with van der Waals surface area (Å²) in [5, 5.41) is 0.422. The van der Waals surface area contributed by atoms with E-state index in [1.807, 2.05) is 13.8 Å². The van der Waals surface area contributed by atoms with Crippen LogP contribution in [0.15, 0.2) is 15.7 Å². The van der Waals surface area contributed by atoms with Gasteiger partial charge in [-0.25, -0.2) is 9.36 Å². The number of carbonyl (C=O) groups is 1. The largest absolute Gasteiger partial charge is 0.464 e. The number of H-pyrrole nitrogens is 1. The summed E-state index contributed by atoms with van der Waals surface area (Å²) in [4.78, 5) is 39.4. The molecule has 6 nitrogen and oxygen atoms in total. The van der Waals surface area contributed by atoms with Gasteiger partial charge in [0.15, 0.2) is 0 Å². The van der Waals surface area contributed by atoms with E-state index in [-0.39, 0.29) is 13.2 Å². The molecule has 0 aliphatic rings. The van der Waals surface area contributed by atoms with Crippen molar-refractivity contribution in [2.24, 2.45) is 0 Å². The van der Waals surface area contributed by atoms with Gasteiger partial charge in [-0.05, 0) is 19.4 Å². The fourth-order valence-electron chi connectivity index (χ4n) is 1.70. The summed E-state index contributed by atoms with van der Waals surface area (Å²) in [6.45, 7) is 3.64. The molecule has 0 unspecified atom stereocenters. The number of carbonyl (C=O) groups excluding carboxylic acids is 1. The number of hydrogen-bond donors (Lipinski definition) is 1. The van der Waals surface area contributed by atoms with Crippen molar-refractivity contribution in [2.75, 3.05) is 6.61 Å². The number of aromatic amines is 1. The Kier molecular flexibility index (Phi) is 3.84. The van der Waals surface area contributed by atoms with Crippen molar-refractivity contribution in [3.8, 4) is 0 Å². The van der Waals surface area contributed by atoms with Crippen LogP contribution in [-0.2, 0) is 16.1 Å². The van der Waals surface area contributed by atoms with E-state index in [2.05, 4.69) is 4.98 Å². The molecular weight excluding hydrogens is 268 g/mol. The number of rotatable bonds is 4. The SMILES string of the molecule is CCCOC(=O)Cn1c(=O)[nH]c2sc(C)cc2c1=O. The first-order valence-electron chi connectivity index (χ1n) is 5.91. The van der Waals surface area contributed by atoms with E-state index in [0.29, 0.717) is 16.6 Å². The highest BCUT2D eigenvalue weighted by Crippen LogP contribution is 2.18. The molecule has 0 atom stereocenters. The van der Waals surface area contributed by atoms with Gasteiger partial charge in [-0.3, -0.25) is 14.6 Å². The van der Waals surface area contributed by atoms with Crippen LogP contribution in [0.5, 0.6) is 0 Å². The molecule has 0 aliphatic heterocycles. The van der Waals surface area contributed by atoms with Gasteiger partial charge in [-0.15, -0.1) is 11.3 Å². The zero-order valence-electron chi connectivity index (χ0n) is 10.7. The van der Waals surface area contributed by atoms with Gasteiger partial charge in [0.1, 0.15) is 11.4 Å². The molecule has 2 rings (SSSR count). The second-order valence-electron chi connectivity index (χ2n) is 4.14. The predicted octanol–water partition coefficient (Wildman–Crippen LogP) is 1.01. The Morgan fingerprint density at radius 2 is 2.21 bits per heavy atom. The molecule has 7 heteroatoms. The van der Waals surface area contributed by atoms with Crippen LogP contribution in [0, 0.1) is 6.92 Å². The number of hydrogen-bond acceptors (Lipinski definition) is 5. The second-order valence-corrected chi connectivity index (χ2v) is 5.40. The van der Waals surface area contributed by atoms with Gasteiger partial charge >= 0.3 is 11.7 Å². The molecule has 0 spiro atoms. The maximum Gasteiger partial charge on any atom is 0.329 e. The number of ether oxygens (including phenoxy) is 1. The monoisotopic (exact) mass is 282 g/mol. The number of fused-ring (bicyclic) bond motifs is 1. The van der Waals surface area contributed by atoms with Crippen molar-refractivity contribution < 1.29 is 9.53 Å². The van der Waals surface area contributed by atoms with Crippen LogP contribution in [-0.4, -0.2) is 22.1 Å². The molecule has 0 amide bonds. The summed E-state index contributed by atoms with van der Waals surface area (Å²) < 4.78 is 5.74. The molecule has 0 aliphatic carbocycles. The van der Waals surface area contributed by atoms with Gasteiger partial charge in [0.2, 0.25) is 0 Å². The molecule has 1 N–H and O–H groups in total. The Balaban J connectivity index is 2.40. The molecule has 0 bridgehead atoms. The summed E-state index contributed by atoms with van der Waals surface area (Å²) >= 11 is 1.34. The summed E-state index contributed by atoms with van der Waals surface area (Å²) in [5.41, 5.74) is -1.05. The smallest absolute Gasteiger partial charge is 0.329 e. The third kappa shape index (κ3) is 2.76. The lowest BCUT2D eigenvalue weighted by Gasteiger charge is -2.05. The Labute approximate surface area is 112 Å². The number of thiophene rings is 1. The molecule has 0 radical (unpaired) electrons. The molecule has 19 heavy (non-hydrogen) atoms. The van der Waals surface area contributed by atoms with Crippen LogP contribution < -0.4 is 11.2 Å². The Morgan fingerprint density at radius 1 is 1.47 bits per heavy atom. The Morgan fingerprint density at radius 3 is 2.89 bits per heavy atom. The van der Waals surface area contributed by atoms with Crippen LogP contribution in [0.2, 0.25) is 0 Å². The average molecular weight is 282 g/mol. The third-order valence-corrected chi connectivity index (χ3v) is 3.52. The van der Waals surface area contributed by atoms with Crippen LogP contribution in [0.25, 0.3) is 10.2 Å². The van der Waals surface area contributed by atoms with Crippen molar-refractivity contribution >= 4 is 27.5 Å². The van der Waals surface area contributed by atoms with Crippen molar-refractivity contribution in [3.63, 3.8) is 0 Å². The lowest BCUT2D eigenvalue weighted by Crippen LogP contribution is -2.37. The summed E-state index contributed by atoms with van der Waals surface area (Å²) in [6, 6.07) is 1.70. The quantitative estimate of drug-likeness (QED) is 0.849. The number of nitrogens with one attached hydrogen (secondary N) is 1. The van der Waals surface area contributed by atoms with Crippen LogP contribution in [0.1, 0.15) is 18.2 Å². The molecule has 0 fully saturated rings. The summed E-state index contributed by atoms with van der Waals surface area (Å²) in [5.74, 6) is -0.583. The minimum absolute atomic E-state index is 0.283. The molecule has 0 aromatic carbocycles. The van der Waals surface area contributed by atoms with Crippen molar-refractivity contribution in [1.29, 1.82) is 0 Å². The summed E-state index contributed by atoms with van der Waals surface area (Å²) in [6.07, 6.45) is 0.694. The molecule has 2 aromatic rings. The third-order valence-electron chi connectivity index (χ3n) is 2.55. The van der Waals surface area contributed by atoms with Gasteiger partial charge in [-0.2, -0.15) is 0 Å². The fourth-order valence-corrected chi connectivity index (χ4v) is 2.60. The Bertz CT molecular complexity index is 725. The molecule has 102 valence electrons. The maximum absolute atomic E-state index is 12.1. The van der Waals surface area contributed by atoms with E-state index in [4.69, 9.17) is 4.74 Å². The Hall–Kier alpha value is -1.89. The normalized spacial score (nSPS) is 10.8. The average Bonchev–Trinajstić information content (AvgIpc) is 2.72. The topological polar surface area (TPSA) is 81.2 Å². The van der Waals surface area contributed by atoms with Crippen LogP contribution >= 0.6 is 11.3 Å². The van der Waals surface area contributed by atoms with Gasteiger partial charge in [0.25, 0.3) is 5.56 Å². The maximum atomic E-state index is 12.1. The highest BCUT2D eigenvalue weighted by Gasteiger charge is 2.13. The van der Waals surface area contributed by atoms with E-state index < -0.39 is 17.2 Å². The van der Waals surface area contributed by atoms with E-state index in [0.717, 1.165) is 9.44 Å². The highest BCUT2D eigenvalue weighted by atomic mass is 32.1. The van der Waals surface area contributed by atoms with E-state index in [9.17, 15) is 14.4 Å². The minimum Gasteiger partial charge on any atom is -0.464 e. The summed E-state index contributed by atoms with van der Waals surface area (Å²) in [7, 11) is 0. The molecule has 2 aromatic heterocycles. The predicted molar refractivity (Wildman–Crippen MR) is 72.7 cm³/mol. The van der Waals surface area contributed by atoms with Crippen LogP contribution in [0.4, 0.5) is 0 Å². The minimum atomic E-state index is -0.590. The standard InChI is InChI=1S/C12H14N2O4S/c1-3-4-18-9(15)6-14-11(16)8-5-7(2)19-10(8)13-12(14)17/h5H,3-4,6H2,1-2H3,(H,13,17). The number of aryl methyl sites for hydroxylation is 1. The van der Waals surface area contributed by atoms with Gasteiger partial charge in [-0.1, -0.05) is 6.92 Å². The van der Waals surface area contributed by atoms with E-state index in [1.165, 1.54) is 11.3 Å². The van der Waals surface area contributed by atoms with Crippen LogP contribution in [0.3, 0.4) is 0 Å². The van der Waals surface area contributed by atoms with Crippen molar-refractivity contribution in [3.05, 3.63) is 31.8 Å². The van der Waals surface area contributed by atoms with Gasteiger partial charge < -0.3 is 4.74 Å². The lowest BCUT2D eigenvalue weighted by molar-refractivity contribution is -0.144. The first-order chi connectivity index (χ1) is 9.02. The lowest BCUT2D eigenvalue weighted by atomic mass is 10.3. The zero-order chi connectivity index (χ0) is 14.0. The zero-order valence-corrected chi connectivity index (χ0v) is 11.5. The van der Waals surface area contributed by atoms with E-state index in [1.54, 1.807) is 6.07 Å². The second kappa shape index (κ2) is 5.40. The first kappa shape index (κ1) is 13.5. The number of nitrogens with zero attached hydrogens (tertiary/aromatic N) is 1. The molecule has 0 saturated heterocycles. The molecular formula is C12H14N2O4S. The van der Waals surface area contributed by atoms with E-state index >= 15 is 0 Å².